The van der Waals surface area contributed by atoms with Crippen molar-refractivity contribution in [3.63, 3.8) is 0 Å². The Balaban J connectivity index is 2.41. The second kappa shape index (κ2) is 2.74. The van der Waals surface area contributed by atoms with Gasteiger partial charge in [0.05, 0.1) is 5.33 Å². The van der Waals surface area contributed by atoms with Gasteiger partial charge in [0, 0.05) is 0 Å². The van der Waals surface area contributed by atoms with Crippen LogP contribution in [0.4, 0.5) is 0 Å². The summed E-state index contributed by atoms with van der Waals surface area (Å²) in [6, 6.07) is 5.79. The molecule has 0 aromatic heterocycles. The number of benzene rings is 1. The molecule has 0 saturated carbocycles. The Hall–Kier alpha value is -0.700. The van der Waals surface area contributed by atoms with E-state index in [4.69, 9.17) is 9.47 Å². The van der Waals surface area contributed by atoms with Gasteiger partial charge in [0.25, 0.3) is 0 Å². The SMILES string of the molecule is Br[CH]c1ccc2c(c1)OCO2. The molecule has 0 atom stereocenters. The minimum Gasteiger partial charge on any atom is -0.454 e. The maximum absolute atomic E-state index is 5.18. The lowest BCUT2D eigenvalue weighted by molar-refractivity contribution is 0.174. The molecule has 0 fully saturated rings. The second-order valence-corrected chi connectivity index (χ2v) is 2.68. The number of halogens is 1. The monoisotopic (exact) mass is 213 g/mol. The molecule has 1 aliphatic heterocycles. The van der Waals surface area contributed by atoms with Gasteiger partial charge >= 0.3 is 0 Å². The number of rotatable bonds is 1. The zero-order valence-electron chi connectivity index (χ0n) is 5.71. The topological polar surface area (TPSA) is 18.5 Å². The molecular weight excluding hydrogens is 208 g/mol. The van der Waals surface area contributed by atoms with E-state index >= 15 is 0 Å². The van der Waals surface area contributed by atoms with Gasteiger partial charge in [-0.1, -0.05) is 22.0 Å². The number of hydrogen-bond acceptors (Lipinski definition) is 2. The van der Waals surface area contributed by atoms with Crippen LogP contribution in [0, 0.1) is 5.33 Å². The van der Waals surface area contributed by atoms with Crippen molar-refractivity contribution < 1.29 is 9.47 Å². The zero-order valence-corrected chi connectivity index (χ0v) is 7.30. The molecule has 0 bridgehead atoms. The second-order valence-electron chi connectivity index (χ2n) is 2.22. The zero-order chi connectivity index (χ0) is 7.68. The normalized spacial score (nSPS) is 13.5. The average Bonchev–Trinajstić information content (AvgIpc) is 2.50. The van der Waals surface area contributed by atoms with Gasteiger partial charge in [-0.05, 0) is 17.7 Å². The Morgan fingerprint density at radius 1 is 1.27 bits per heavy atom. The molecule has 1 aromatic carbocycles. The number of ether oxygens (including phenoxy) is 2. The van der Waals surface area contributed by atoms with Crippen LogP contribution >= 0.6 is 15.9 Å². The Kier molecular flexibility index (Phi) is 1.74. The highest BCUT2D eigenvalue weighted by Crippen LogP contribution is 2.33. The van der Waals surface area contributed by atoms with Gasteiger partial charge < -0.3 is 9.47 Å². The van der Waals surface area contributed by atoms with Crippen molar-refractivity contribution in [2.75, 3.05) is 6.79 Å². The third-order valence-corrected chi connectivity index (χ3v) is 2.05. The summed E-state index contributed by atoms with van der Waals surface area (Å²) in [5.41, 5.74) is 1.08. The van der Waals surface area contributed by atoms with Crippen LogP contribution in [0.25, 0.3) is 0 Å². The summed E-state index contributed by atoms with van der Waals surface area (Å²) in [4.78, 5) is 0. The fourth-order valence-corrected chi connectivity index (χ4v) is 1.27. The van der Waals surface area contributed by atoms with E-state index in [9.17, 15) is 0 Å². The van der Waals surface area contributed by atoms with Crippen LogP contribution in [0.1, 0.15) is 5.56 Å². The maximum Gasteiger partial charge on any atom is 0.231 e. The first kappa shape index (κ1) is 6.98. The van der Waals surface area contributed by atoms with Crippen LogP contribution in [0.3, 0.4) is 0 Å². The molecule has 0 amide bonds. The van der Waals surface area contributed by atoms with Gasteiger partial charge in [0.15, 0.2) is 11.5 Å². The van der Waals surface area contributed by atoms with Crippen molar-refractivity contribution in [3.8, 4) is 11.5 Å². The van der Waals surface area contributed by atoms with E-state index in [1.165, 1.54) is 0 Å². The molecule has 1 aliphatic rings. The van der Waals surface area contributed by atoms with Crippen LogP contribution in [-0.4, -0.2) is 6.79 Å². The van der Waals surface area contributed by atoms with Crippen LogP contribution in [0.15, 0.2) is 18.2 Å². The van der Waals surface area contributed by atoms with Crippen molar-refractivity contribution in [2.24, 2.45) is 0 Å². The van der Waals surface area contributed by atoms with Crippen LogP contribution in [0.2, 0.25) is 0 Å². The molecule has 0 aliphatic carbocycles. The van der Waals surface area contributed by atoms with Gasteiger partial charge in [-0.15, -0.1) is 0 Å². The van der Waals surface area contributed by atoms with Crippen molar-refractivity contribution in [3.05, 3.63) is 29.1 Å². The number of fused-ring (bicyclic) bond motifs is 1. The Labute approximate surface area is 73.3 Å². The molecule has 0 N–H and O–H groups in total. The lowest BCUT2D eigenvalue weighted by Crippen LogP contribution is -1.92. The third kappa shape index (κ3) is 1.20. The quantitative estimate of drug-likeness (QED) is 0.714. The molecule has 11 heavy (non-hydrogen) atoms. The summed E-state index contributed by atoms with van der Waals surface area (Å²) < 4.78 is 10.3. The largest absolute Gasteiger partial charge is 0.454 e. The van der Waals surface area contributed by atoms with Crippen molar-refractivity contribution in [1.29, 1.82) is 0 Å². The lowest BCUT2D eigenvalue weighted by Gasteiger charge is -1.96. The van der Waals surface area contributed by atoms with E-state index in [0.717, 1.165) is 17.1 Å². The predicted molar refractivity (Wildman–Crippen MR) is 44.9 cm³/mol. The minimum atomic E-state index is 0.334. The van der Waals surface area contributed by atoms with Crippen LogP contribution < -0.4 is 9.47 Å². The smallest absolute Gasteiger partial charge is 0.231 e. The fourth-order valence-electron chi connectivity index (χ4n) is 0.981. The van der Waals surface area contributed by atoms with E-state index in [0.29, 0.717) is 6.79 Å². The first-order valence-corrected chi connectivity index (χ1v) is 4.15. The molecule has 0 spiro atoms. The molecule has 1 radical (unpaired) electrons. The molecule has 2 nitrogen and oxygen atoms in total. The van der Waals surface area contributed by atoms with E-state index in [2.05, 4.69) is 15.9 Å². The summed E-state index contributed by atoms with van der Waals surface area (Å²) in [7, 11) is 0. The van der Waals surface area contributed by atoms with E-state index in [-0.39, 0.29) is 0 Å². The highest BCUT2D eigenvalue weighted by atomic mass is 79.9. The van der Waals surface area contributed by atoms with Gasteiger partial charge in [-0.2, -0.15) is 0 Å². The van der Waals surface area contributed by atoms with Crippen molar-refractivity contribution in [1.82, 2.24) is 0 Å². The molecule has 0 saturated heterocycles. The molecule has 1 aromatic rings. The van der Waals surface area contributed by atoms with Crippen molar-refractivity contribution >= 4 is 15.9 Å². The van der Waals surface area contributed by atoms with E-state index in [1.54, 1.807) is 0 Å². The van der Waals surface area contributed by atoms with E-state index < -0.39 is 0 Å². The Morgan fingerprint density at radius 3 is 2.91 bits per heavy atom. The minimum absolute atomic E-state index is 0.334. The summed E-state index contributed by atoms with van der Waals surface area (Å²) in [5, 5.41) is 1.84. The highest BCUT2D eigenvalue weighted by molar-refractivity contribution is 9.10. The van der Waals surface area contributed by atoms with Crippen molar-refractivity contribution in [2.45, 2.75) is 0 Å². The predicted octanol–water partition coefficient (Wildman–Crippen LogP) is 2.32. The molecule has 0 unspecified atom stereocenters. The molecule has 3 heteroatoms. The molecule has 57 valence electrons. The summed E-state index contributed by atoms with van der Waals surface area (Å²) in [6.45, 7) is 0.334. The standard InChI is InChI=1S/C8H6BrO2/c9-4-6-1-2-7-8(3-6)11-5-10-7/h1-4H,5H2. The molecular formula is C8H6BrO2. The van der Waals surface area contributed by atoms with Gasteiger partial charge in [-0.3, -0.25) is 0 Å². The summed E-state index contributed by atoms with van der Waals surface area (Å²) in [6.07, 6.45) is 0. The lowest BCUT2D eigenvalue weighted by atomic mass is 10.2. The average molecular weight is 214 g/mol. The molecule has 1 heterocycles. The third-order valence-electron chi connectivity index (χ3n) is 1.52. The van der Waals surface area contributed by atoms with Crippen LogP contribution in [-0.2, 0) is 0 Å². The first-order valence-electron chi connectivity index (χ1n) is 3.23. The first-order chi connectivity index (χ1) is 5.40. The summed E-state index contributed by atoms with van der Waals surface area (Å²) in [5.74, 6) is 1.64. The Morgan fingerprint density at radius 2 is 2.09 bits per heavy atom. The van der Waals surface area contributed by atoms with E-state index in [1.807, 2.05) is 23.5 Å². The summed E-state index contributed by atoms with van der Waals surface area (Å²) >= 11 is 3.24. The Bertz CT molecular complexity index is 273. The maximum atomic E-state index is 5.18. The number of hydrogen-bond donors (Lipinski definition) is 0. The highest BCUT2D eigenvalue weighted by Gasteiger charge is 2.12. The van der Waals surface area contributed by atoms with Gasteiger partial charge in [0.1, 0.15) is 0 Å². The van der Waals surface area contributed by atoms with Gasteiger partial charge in [0.2, 0.25) is 6.79 Å². The van der Waals surface area contributed by atoms with Gasteiger partial charge in [-0.25, -0.2) is 0 Å². The molecule has 2 rings (SSSR count). The van der Waals surface area contributed by atoms with Crippen LogP contribution in [0.5, 0.6) is 11.5 Å². The fraction of sp³-hybridized carbons (Fsp3) is 0.125.